The SMILES string of the molecule is FC(F)(F)c1cncc(CC2CCC(Oc3cc(N4CCOCC4)cc4nccnc34)CC2)c1. The lowest BCUT2D eigenvalue weighted by atomic mass is 9.83. The maximum Gasteiger partial charge on any atom is 0.417 e. The fourth-order valence-corrected chi connectivity index (χ4v) is 4.84. The number of benzene rings is 1. The lowest BCUT2D eigenvalue weighted by molar-refractivity contribution is -0.137. The molecule has 2 aliphatic rings. The summed E-state index contributed by atoms with van der Waals surface area (Å²) in [6.07, 6.45) is 5.54. The van der Waals surface area contributed by atoms with Crippen molar-refractivity contribution in [2.45, 2.75) is 44.4 Å². The summed E-state index contributed by atoms with van der Waals surface area (Å²) >= 11 is 0. The molecule has 0 atom stereocenters. The zero-order valence-corrected chi connectivity index (χ0v) is 18.8. The first-order valence-corrected chi connectivity index (χ1v) is 11.7. The van der Waals surface area contributed by atoms with E-state index in [0.29, 0.717) is 31.1 Å². The molecule has 34 heavy (non-hydrogen) atoms. The lowest BCUT2D eigenvalue weighted by Crippen LogP contribution is -2.36. The topological polar surface area (TPSA) is 60.4 Å². The van der Waals surface area contributed by atoms with Crippen LogP contribution in [0.2, 0.25) is 0 Å². The third-order valence-corrected chi connectivity index (χ3v) is 6.63. The van der Waals surface area contributed by atoms with Crippen molar-refractivity contribution in [1.29, 1.82) is 0 Å². The van der Waals surface area contributed by atoms with Gasteiger partial charge in [-0.3, -0.25) is 9.97 Å². The van der Waals surface area contributed by atoms with Gasteiger partial charge in [-0.05, 0) is 55.7 Å². The van der Waals surface area contributed by atoms with Gasteiger partial charge in [0.15, 0.2) is 0 Å². The summed E-state index contributed by atoms with van der Waals surface area (Å²) in [5, 5.41) is 0. The highest BCUT2D eigenvalue weighted by atomic mass is 19.4. The fourth-order valence-electron chi connectivity index (χ4n) is 4.84. The third-order valence-electron chi connectivity index (χ3n) is 6.63. The number of pyridine rings is 1. The monoisotopic (exact) mass is 472 g/mol. The first kappa shape index (κ1) is 22.8. The summed E-state index contributed by atoms with van der Waals surface area (Å²) in [7, 11) is 0. The van der Waals surface area contributed by atoms with Crippen LogP contribution in [0.3, 0.4) is 0 Å². The van der Waals surface area contributed by atoms with Crippen LogP contribution in [0.15, 0.2) is 43.0 Å². The van der Waals surface area contributed by atoms with Crippen molar-refractivity contribution in [3.05, 3.63) is 54.1 Å². The van der Waals surface area contributed by atoms with Crippen molar-refractivity contribution in [2.24, 2.45) is 5.92 Å². The number of aromatic nitrogens is 3. The number of alkyl halides is 3. The van der Waals surface area contributed by atoms with Crippen LogP contribution in [0, 0.1) is 5.92 Å². The van der Waals surface area contributed by atoms with Crippen LogP contribution in [0.25, 0.3) is 11.0 Å². The fraction of sp³-hybridized carbons (Fsp3) is 0.480. The maximum atomic E-state index is 13.0. The van der Waals surface area contributed by atoms with E-state index in [0.717, 1.165) is 67.4 Å². The second-order valence-electron chi connectivity index (χ2n) is 9.01. The zero-order valence-electron chi connectivity index (χ0n) is 18.8. The molecular weight excluding hydrogens is 445 g/mol. The summed E-state index contributed by atoms with van der Waals surface area (Å²) in [5.74, 6) is 1.05. The van der Waals surface area contributed by atoms with E-state index in [-0.39, 0.29) is 6.10 Å². The van der Waals surface area contributed by atoms with Gasteiger partial charge in [-0.2, -0.15) is 13.2 Å². The normalized spacial score (nSPS) is 21.6. The predicted octanol–water partition coefficient (Wildman–Crippen LogP) is 5.06. The standard InChI is InChI=1S/C25H27F3N4O2/c26-25(27,28)19-12-18(15-29-16-19)11-17-1-3-21(4-2-17)34-23-14-20(32-7-9-33-10-8-32)13-22-24(23)31-6-5-30-22/h5-6,12-17,21H,1-4,7-11H2. The molecule has 6 nitrogen and oxygen atoms in total. The molecular formula is C25H27F3N4O2. The molecule has 2 fully saturated rings. The minimum Gasteiger partial charge on any atom is -0.488 e. The molecule has 0 amide bonds. The molecule has 1 aliphatic carbocycles. The Morgan fingerprint density at radius 2 is 1.74 bits per heavy atom. The van der Waals surface area contributed by atoms with Gasteiger partial charge in [0.25, 0.3) is 0 Å². The molecule has 3 heterocycles. The molecule has 180 valence electrons. The van der Waals surface area contributed by atoms with Gasteiger partial charge in [0.1, 0.15) is 11.3 Å². The Morgan fingerprint density at radius 1 is 0.971 bits per heavy atom. The molecule has 0 N–H and O–H groups in total. The van der Waals surface area contributed by atoms with Gasteiger partial charge in [-0.15, -0.1) is 0 Å². The van der Waals surface area contributed by atoms with E-state index >= 15 is 0 Å². The van der Waals surface area contributed by atoms with Crippen LogP contribution >= 0.6 is 0 Å². The first-order chi connectivity index (χ1) is 16.5. The molecule has 0 radical (unpaired) electrons. The Hall–Kier alpha value is -2.94. The minimum absolute atomic E-state index is 0.0426. The molecule has 0 unspecified atom stereocenters. The highest BCUT2D eigenvalue weighted by Crippen LogP contribution is 2.35. The van der Waals surface area contributed by atoms with Crippen molar-refractivity contribution in [3.8, 4) is 5.75 Å². The largest absolute Gasteiger partial charge is 0.488 e. The van der Waals surface area contributed by atoms with Gasteiger partial charge < -0.3 is 14.4 Å². The van der Waals surface area contributed by atoms with Crippen LogP contribution in [0.5, 0.6) is 5.75 Å². The Labute approximate surface area is 196 Å². The van der Waals surface area contributed by atoms with Crippen LogP contribution < -0.4 is 9.64 Å². The summed E-state index contributed by atoms with van der Waals surface area (Å²) in [6.45, 7) is 3.03. The van der Waals surface area contributed by atoms with E-state index in [1.165, 1.54) is 6.07 Å². The Bertz CT molecular complexity index is 1130. The van der Waals surface area contributed by atoms with Gasteiger partial charge in [0.05, 0.1) is 30.4 Å². The Kier molecular flexibility index (Phi) is 6.54. The predicted molar refractivity (Wildman–Crippen MR) is 122 cm³/mol. The van der Waals surface area contributed by atoms with Crippen LogP contribution in [0.1, 0.15) is 36.8 Å². The highest BCUT2D eigenvalue weighted by molar-refractivity contribution is 5.85. The average Bonchev–Trinajstić information content (AvgIpc) is 2.85. The quantitative estimate of drug-likeness (QED) is 0.517. The summed E-state index contributed by atoms with van der Waals surface area (Å²) in [5.41, 5.74) is 2.55. The molecule has 2 aromatic heterocycles. The average molecular weight is 473 g/mol. The number of nitrogens with zero attached hydrogens (tertiary/aromatic N) is 4. The molecule has 1 saturated carbocycles. The van der Waals surface area contributed by atoms with E-state index in [1.807, 2.05) is 12.1 Å². The number of fused-ring (bicyclic) bond motifs is 1. The number of hydrogen-bond acceptors (Lipinski definition) is 6. The molecule has 3 aromatic rings. The smallest absolute Gasteiger partial charge is 0.417 e. The molecule has 0 spiro atoms. The van der Waals surface area contributed by atoms with Crippen molar-refractivity contribution >= 4 is 16.7 Å². The molecule has 5 rings (SSSR count). The Balaban J connectivity index is 1.25. The van der Waals surface area contributed by atoms with Gasteiger partial charge in [0, 0.05) is 49.6 Å². The summed E-state index contributed by atoms with van der Waals surface area (Å²) in [4.78, 5) is 15.1. The second-order valence-corrected chi connectivity index (χ2v) is 9.01. The van der Waals surface area contributed by atoms with Gasteiger partial charge in [0.2, 0.25) is 0 Å². The molecule has 0 bridgehead atoms. The van der Waals surface area contributed by atoms with Gasteiger partial charge >= 0.3 is 6.18 Å². The number of ether oxygens (including phenoxy) is 2. The second kappa shape index (κ2) is 9.74. The van der Waals surface area contributed by atoms with E-state index in [1.54, 1.807) is 18.6 Å². The molecule has 9 heteroatoms. The van der Waals surface area contributed by atoms with Crippen LogP contribution in [0.4, 0.5) is 18.9 Å². The van der Waals surface area contributed by atoms with Crippen LogP contribution in [-0.2, 0) is 17.3 Å². The third kappa shape index (κ3) is 5.24. The number of anilines is 1. The Morgan fingerprint density at radius 3 is 2.50 bits per heavy atom. The van der Waals surface area contributed by atoms with Crippen molar-refractivity contribution < 1.29 is 22.6 Å². The van der Waals surface area contributed by atoms with E-state index in [4.69, 9.17) is 9.47 Å². The molecule has 1 saturated heterocycles. The molecule has 1 aliphatic heterocycles. The van der Waals surface area contributed by atoms with Crippen molar-refractivity contribution in [2.75, 3.05) is 31.2 Å². The van der Waals surface area contributed by atoms with E-state index in [2.05, 4.69) is 19.9 Å². The van der Waals surface area contributed by atoms with Gasteiger partial charge in [-0.1, -0.05) is 0 Å². The summed E-state index contributed by atoms with van der Waals surface area (Å²) in [6, 6.07) is 5.31. The zero-order chi connectivity index (χ0) is 23.5. The number of halogens is 3. The van der Waals surface area contributed by atoms with Crippen molar-refractivity contribution in [1.82, 2.24) is 15.0 Å². The number of hydrogen-bond donors (Lipinski definition) is 0. The van der Waals surface area contributed by atoms with Crippen LogP contribution in [-0.4, -0.2) is 47.4 Å². The van der Waals surface area contributed by atoms with E-state index in [9.17, 15) is 13.2 Å². The summed E-state index contributed by atoms with van der Waals surface area (Å²) < 4.78 is 50.9. The molecule has 1 aromatic carbocycles. The lowest BCUT2D eigenvalue weighted by Gasteiger charge is -2.31. The maximum absolute atomic E-state index is 13.0. The number of rotatable bonds is 5. The number of morpholine rings is 1. The first-order valence-electron chi connectivity index (χ1n) is 11.7. The minimum atomic E-state index is -4.37. The van der Waals surface area contributed by atoms with E-state index < -0.39 is 11.7 Å². The van der Waals surface area contributed by atoms with Gasteiger partial charge in [-0.25, -0.2) is 4.98 Å². The van der Waals surface area contributed by atoms with Crippen molar-refractivity contribution in [3.63, 3.8) is 0 Å². The highest BCUT2D eigenvalue weighted by Gasteiger charge is 2.31.